The molecular weight excluding hydrogens is 233 g/mol. The highest BCUT2D eigenvalue weighted by atomic mass is 19.1. The summed E-state index contributed by atoms with van der Waals surface area (Å²) < 4.78 is 19.0. The van der Waals surface area contributed by atoms with Crippen molar-refractivity contribution in [1.82, 2.24) is 15.5 Å². The molecule has 96 valence electrons. The molecule has 2 rings (SSSR count). The van der Waals surface area contributed by atoms with Crippen molar-refractivity contribution >= 4 is 0 Å². The van der Waals surface area contributed by atoms with Crippen LogP contribution in [0.3, 0.4) is 0 Å². The highest BCUT2D eigenvalue weighted by molar-refractivity contribution is 5.25. The zero-order chi connectivity index (χ0) is 13.0. The number of ether oxygens (including phenoxy) is 1. The van der Waals surface area contributed by atoms with Crippen molar-refractivity contribution < 1.29 is 9.13 Å². The van der Waals surface area contributed by atoms with E-state index in [0.29, 0.717) is 18.0 Å². The summed E-state index contributed by atoms with van der Waals surface area (Å²) >= 11 is 0. The first-order valence-corrected chi connectivity index (χ1v) is 5.76. The van der Waals surface area contributed by atoms with E-state index >= 15 is 0 Å². The van der Waals surface area contributed by atoms with Crippen LogP contribution < -0.4 is 10.1 Å². The lowest BCUT2D eigenvalue weighted by atomic mass is 10.1. The quantitative estimate of drug-likeness (QED) is 0.853. The molecule has 0 saturated heterocycles. The van der Waals surface area contributed by atoms with Gasteiger partial charge in [-0.25, -0.2) is 4.39 Å². The Morgan fingerprint density at radius 2 is 2.22 bits per heavy atom. The van der Waals surface area contributed by atoms with Crippen molar-refractivity contribution in [3.63, 3.8) is 0 Å². The highest BCUT2D eigenvalue weighted by Crippen LogP contribution is 2.14. The SMILES string of the molecule is CNCc1ccc(F)c(COc2cc(C)[nH]n2)c1. The topological polar surface area (TPSA) is 49.9 Å². The number of aromatic amines is 1. The van der Waals surface area contributed by atoms with E-state index in [0.717, 1.165) is 11.3 Å². The monoisotopic (exact) mass is 249 g/mol. The van der Waals surface area contributed by atoms with Crippen molar-refractivity contribution in [2.24, 2.45) is 0 Å². The van der Waals surface area contributed by atoms with Gasteiger partial charge in [0, 0.05) is 23.9 Å². The number of H-pyrrole nitrogens is 1. The summed E-state index contributed by atoms with van der Waals surface area (Å²) in [5.41, 5.74) is 2.47. The van der Waals surface area contributed by atoms with Crippen LogP contribution in [-0.2, 0) is 13.2 Å². The maximum absolute atomic E-state index is 13.6. The van der Waals surface area contributed by atoms with E-state index in [1.807, 2.05) is 14.0 Å². The number of hydrogen-bond acceptors (Lipinski definition) is 3. The third-order valence-corrected chi connectivity index (χ3v) is 2.55. The van der Waals surface area contributed by atoms with Gasteiger partial charge in [0.25, 0.3) is 0 Å². The molecule has 5 heteroatoms. The predicted molar refractivity (Wildman–Crippen MR) is 66.8 cm³/mol. The molecule has 0 spiro atoms. The van der Waals surface area contributed by atoms with Crippen LogP contribution in [0.4, 0.5) is 4.39 Å². The van der Waals surface area contributed by atoms with Gasteiger partial charge in [0.1, 0.15) is 12.4 Å². The second-order valence-corrected chi connectivity index (χ2v) is 4.13. The Labute approximate surface area is 105 Å². The molecule has 2 aromatic rings. The van der Waals surface area contributed by atoms with Gasteiger partial charge in [-0.3, -0.25) is 5.10 Å². The molecule has 1 heterocycles. The zero-order valence-electron chi connectivity index (χ0n) is 10.5. The summed E-state index contributed by atoms with van der Waals surface area (Å²) in [6.45, 7) is 2.76. The molecule has 0 aliphatic rings. The van der Waals surface area contributed by atoms with E-state index < -0.39 is 0 Å². The Bertz CT molecular complexity index is 525. The summed E-state index contributed by atoms with van der Waals surface area (Å²) in [6.07, 6.45) is 0. The van der Waals surface area contributed by atoms with Crippen molar-refractivity contribution in [1.29, 1.82) is 0 Å². The molecule has 1 aromatic heterocycles. The average molecular weight is 249 g/mol. The van der Waals surface area contributed by atoms with Crippen LogP contribution in [0.1, 0.15) is 16.8 Å². The minimum atomic E-state index is -0.262. The molecule has 0 atom stereocenters. The van der Waals surface area contributed by atoms with E-state index in [4.69, 9.17) is 4.74 Å². The number of hydrogen-bond donors (Lipinski definition) is 2. The molecule has 0 saturated carbocycles. The van der Waals surface area contributed by atoms with Gasteiger partial charge >= 0.3 is 0 Å². The fraction of sp³-hybridized carbons (Fsp3) is 0.308. The standard InChI is InChI=1S/C13H16FN3O/c1-9-5-13(17-16-9)18-8-11-6-10(7-15-2)3-4-12(11)14/h3-6,15H,7-8H2,1-2H3,(H,16,17). The molecule has 0 bridgehead atoms. The van der Waals surface area contributed by atoms with Crippen LogP contribution in [-0.4, -0.2) is 17.2 Å². The minimum Gasteiger partial charge on any atom is -0.472 e. The summed E-state index contributed by atoms with van der Waals surface area (Å²) in [5.74, 6) is 0.216. The van der Waals surface area contributed by atoms with Gasteiger partial charge in [-0.05, 0) is 31.7 Å². The lowest BCUT2D eigenvalue weighted by Gasteiger charge is -2.07. The molecule has 18 heavy (non-hydrogen) atoms. The summed E-state index contributed by atoms with van der Waals surface area (Å²) in [4.78, 5) is 0. The molecule has 0 fully saturated rings. The van der Waals surface area contributed by atoms with Crippen molar-refractivity contribution in [2.45, 2.75) is 20.1 Å². The van der Waals surface area contributed by atoms with Gasteiger partial charge in [-0.2, -0.15) is 0 Å². The first kappa shape index (κ1) is 12.6. The van der Waals surface area contributed by atoms with E-state index in [1.165, 1.54) is 6.07 Å². The molecule has 0 radical (unpaired) electrons. The first-order valence-electron chi connectivity index (χ1n) is 5.76. The Morgan fingerprint density at radius 1 is 1.39 bits per heavy atom. The Hall–Kier alpha value is -1.88. The van der Waals surface area contributed by atoms with Crippen molar-refractivity contribution in [3.05, 3.63) is 46.9 Å². The number of halogens is 1. The van der Waals surface area contributed by atoms with Crippen molar-refractivity contribution in [2.75, 3.05) is 7.05 Å². The number of nitrogens with zero attached hydrogens (tertiary/aromatic N) is 1. The molecule has 0 aliphatic heterocycles. The molecule has 0 unspecified atom stereocenters. The summed E-state index contributed by atoms with van der Waals surface area (Å²) in [6, 6.07) is 6.79. The smallest absolute Gasteiger partial charge is 0.233 e. The van der Waals surface area contributed by atoms with Crippen LogP contribution in [0.15, 0.2) is 24.3 Å². The lowest BCUT2D eigenvalue weighted by Crippen LogP contribution is -2.07. The molecule has 1 aromatic carbocycles. The minimum absolute atomic E-state index is 0.174. The van der Waals surface area contributed by atoms with Gasteiger partial charge in [-0.15, -0.1) is 5.10 Å². The average Bonchev–Trinajstić information content (AvgIpc) is 2.76. The number of nitrogens with one attached hydrogen (secondary N) is 2. The van der Waals surface area contributed by atoms with E-state index in [1.54, 1.807) is 18.2 Å². The molecular formula is C13H16FN3O. The van der Waals surface area contributed by atoms with Crippen LogP contribution in [0, 0.1) is 12.7 Å². The van der Waals surface area contributed by atoms with E-state index in [-0.39, 0.29) is 12.4 Å². The van der Waals surface area contributed by atoms with Gasteiger partial charge < -0.3 is 10.1 Å². The maximum atomic E-state index is 13.6. The second kappa shape index (κ2) is 5.64. The summed E-state index contributed by atoms with van der Waals surface area (Å²) in [7, 11) is 1.85. The van der Waals surface area contributed by atoms with Gasteiger partial charge in [0.15, 0.2) is 0 Å². The van der Waals surface area contributed by atoms with Gasteiger partial charge in [-0.1, -0.05) is 6.07 Å². The van der Waals surface area contributed by atoms with Crippen LogP contribution in [0.25, 0.3) is 0 Å². The predicted octanol–water partition coefficient (Wildman–Crippen LogP) is 2.16. The van der Waals surface area contributed by atoms with Gasteiger partial charge in [0.2, 0.25) is 5.88 Å². The molecule has 0 aliphatic carbocycles. The third kappa shape index (κ3) is 3.07. The van der Waals surface area contributed by atoms with Crippen LogP contribution in [0.2, 0.25) is 0 Å². The van der Waals surface area contributed by atoms with Crippen LogP contribution in [0.5, 0.6) is 5.88 Å². The Kier molecular flexibility index (Phi) is 3.94. The first-order chi connectivity index (χ1) is 8.69. The zero-order valence-corrected chi connectivity index (χ0v) is 10.5. The normalized spacial score (nSPS) is 10.6. The third-order valence-electron chi connectivity index (χ3n) is 2.55. The number of benzene rings is 1. The molecule has 0 amide bonds. The number of rotatable bonds is 5. The van der Waals surface area contributed by atoms with E-state index in [2.05, 4.69) is 15.5 Å². The molecule has 2 N–H and O–H groups in total. The van der Waals surface area contributed by atoms with Crippen LogP contribution >= 0.6 is 0 Å². The van der Waals surface area contributed by atoms with Gasteiger partial charge in [0.05, 0.1) is 0 Å². The fourth-order valence-corrected chi connectivity index (χ4v) is 1.67. The second-order valence-electron chi connectivity index (χ2n) is 4.13. The van der Waals surface area contributed by atoms with Crippen molar-refractivity contribution in [3.8, 4) is 5.88 Å². The highest BCUT2D eigenvalue weighted by Gasteiger charge is 2.06. The summed E-state index contributed by atoms with van der Waals surface area (Å²) in [5, 5.41) is 9.74. The largest absolute Gasteiger partial charge is 0.472 e. The Balaban J connectivity index is 2.05. The number of aromatic nitrogens is 2. The molecule has 4 nitrogen and oxygen atoms in total. The fourth-order valence-electron chi connectivity index (χ4n) is 1.67. The lowest BCUT2D eigenvalue weighted by molar-refractivity contribution is 0.287. The van der Waals surface area contributed by atoms with E-state index in [9.17, 15) is 4.39 Å². The maximum Gasteiger partial charge on any atom is 0.233 e. The number of aryl methyl sites for hydroxylation is 1. The Morgan fingerprint density at radius 3 is 2.89 bits per heavy atom.